The van der Waals surface area contributed by atoms with E-state index in [2.05, 4.69) is 45.7 Å². The molecule has 1 aromatic heterocycles. The minimum Gasteiger partial charge on any atom is -0.398 e. The van der Waals surface area contributed by atoms with Crippen LogP contribution in [0.25, 0.3) is 10.9 Å². The van der Waals surface area contributed by atoms with Gasteiger partial charge in [-0.1, -0.05) is 6.07 Å². The van der Waals surface area contributed by atoms with E-state index < -0.39 is 0 Å². The summed E-state index contributed by atoms with van der Waals surface area (Å²) in [5.41, 5.74) is 14.0. The fourth-order valence-electron chi connectivity index (χ4n) is 2.23. The molecule has 0 saturated carbocycles. The third kappa shape index (κ3) is 1.37. The summed E-state index contributed by atoms with van der Waals surface area (Å²) in [5.74, 6) is 0. The van der Waals surface area contributed by atoms with Crippen LogP contribution in [0, 0.1) is 34.6 Å². The van der Waals surface area contributed by atoms with Gasteiger partial charge >= 0.3 is 0 Å². The molecule has 2 aromatic rings. The number of fused-ring (bicyclic) bond motifs is 1. The van der Waals surface area contributed by atoms with Crippen LogP contribution in [0.15, 0.2) is 6.07 Å². The monoisotopic (exact) mass is 214 g/mol. The quantitative estimate of drug-likeness (QED) is 0.683. The Bertz CT molecular complexity index is 583. The van der Waals surface area contributed by atoms with E-state index in [9.17, 15) is 0 Å². The Balaban J connectivity index is 3.07. The summed E-state index contributed by atoms with van der Waals surface area (Å²) in [6, 6.07) is 2.11. The Labute approximate surface area is 96.5 Å². The second-order valence-electron chi connectivity index (χ2n) is 4.59. The second-order valence-corrected chi connectivity index (χ2v) is 4.59. The first kappa shape index (κ1) is 10.9. The molecule has 0 aliphatic rings. The van der Waals surface area contributed by atoms with Crippen LogP contribution in [0.3, 0.4) is 0 Å². The summed E-state index contributed by atoms with van der Waals surface area (Å²) >= 11 is 0. The van der Waals surface area contributed by atoms with Gasteiger partial charge in [0.2, 0.25) is 0 Å². The van der Waals surface area contributed by atoms with Gasteiger partial charge in [0.25, 0.3) is 0 Å². The summed E-state index contributed by atoms with van der Waals surface area (Å²) in [7, 11) is 0. The number of hydrogen-bond acceptors (Lipinski definition) is 2. The second kappa shape index (κ2) is 3.48. The summed E-state index contributed by atoms with van der Waals surface area (Å²) < 4.78 is 0. The van der Waals surface area contributed by atoms with Crippen molar-refractivity contribution in [3.8, 4) is 0 Å². The molecule has 0 amide bonds. The predicted molar refractivity (Wildman–Crippen MR) is 69.8 cm³/mol. The van der Waals surface area contributed by atoms with E-state index in [4.69, 9.17) is 5.73 Å². The molecule has 0 fully saturated rings. The number of hydrogen-bond donors (Lipinski definition) is 1. The smallest absolute Gasteiger partial charge is 0.0758 e. The molecular weight excluding hydrogens is 196 g/mol. The molecule has 0 aliphatic carbocycles. The number of nitrogens with two attached hydrogens (primary N) is 1. The van der Waals surface area contributed by atoms with E-state index in [1.807, 2.05) is 0 Å². The lowest BCUT2D eigenvalue weighted by molar-refractivity contribution is 1.16. The van der Waals surface area contributed by atoms with Crippen molar-refractivity contribution in [1.82, 2.24) is 4.98 Å². The van der Waals surface area contributed by atoms with Gasteiger partial charge in [0.1, 0.15) is 0 Å². The zero-order valence-corrected chi connectivity index (χ0v) is 10.6. The SMILES string of the molecule is Cc1cc(C)c2nc(C)c(C)c(C)c2c1N. The van der Waals surface area contributed by atoms with Crippen LogP contribution in [0.5, 0.6) is 0 Å². The topological polar surface area (TPSA) is 38.9 Å². The van der Waals surface area contributed by atoms with Gasteiger partial charge < -0.3 is 5.73 Å². The molecule has 0 radical (unpaired) electrons. The lowest BCUT2D eigenvalue weighted by Crippen LogP contribution is -2.00. The maximum Gasteiger partial charge on any atom is 0.0758 e. The predicted octanol–water partition coefficient (Wildman–Crippen LogP) is 3.36. The van der Waals surface area contributed by atoms with Crippen molar-refractivity contribution < 1.29 is 0 Å². The fourth-order valence-corrected chi connectivity index (χ4v) is 2.23. The standard InChI is InChI=1S/C14H18N2/c1-7-6-8(2)14-12(13(7)15)10(4)9(3)11(5)16-14/h6H,15H2,1-5H3. The molecule has 84 valence electrons. The molecule has 0 aliphatic heterocycles. The number of anilines is 1. The molecule has 1 aromatic carbocycles. The van der Waals surface area contributed by atoms with Crippen molar-refractivity contribution in [3.05, 3.63) is 34.0 Å². The Morgan fingerprint density at radius 3 is 2.19 bits per heavy atom. The zero-order chi connectivity index (χ0) is 12.0. The van der Waals surface area contributed by atoms with Crippen LogP contribution in [-0.2, 0) is 0 Å². The van der Waals surface area contributed by atoms with Gasteiger partial charge in [0.15, 0.2) is 0 Å². The van der Waals surface area contributed by atoms with E-state index in [0.29, 0.717) is 0 Å². The maximum absolute atomic E-state index is 6.17. The number of rotatable bonds is 0. The molecule has 0 atom stereocenters. The zero-order valence-electron chi connectivity index (χ0n) is 10.6. The number of nitrogen functional groups attached to an aromatic ring is 1. The molecule has 0 unspecified atom stereocenters. The Morgan fingerprint density at radius 1 is 0.938 bits per heavy atom. The summed E-state index contributed by atoms with van der Waals surface area (Å²) in [6.07, 6.45) is 0. The van der Waals surface area contributed by atoms with Crippen LogP contribution in [0.2, 0.25) is 0 Å². The number of aromatic nitrogens is 1. The minimum absolute atomic E-state index is 0.869. The minimum atomic E-state index is 0.869. The number of pyridine rings is 1. The molecule has 0 saturated heterocycles. The van der Waals surface area contributed by atoms with Crippen molar-refractivity contribution in [2.75, 3.05) is 5.73 Å². The molecule has 2 N–H and O–H groups in total. The van der Waals surface area contributed by atoms with E-state index in [0.717, 1.165) is 27.8 Å². The molecule has 2 heteroatoms. The highest BCUT2D eigenvalue weighted by Crippen LogP contribution is 2.31. The molecule has 0 bridgehead atoms. The molecule has 2 rings (SSSR count). The van der Waals surface area contributed by atoms with Crippen LogP contribution >= 0.6 is 0 Å². The lowest BCUT2D eigenvalue weighted by atomic mass is 9.97. The van der Waals surface area contributed by atoms with Gasteiger partial charge in [-0.3, -0.25) is 4.98 Å². The van der Waals surface area contributed by atoms with E-state index in [1.54, 1.807) is 0 Å². The van der Waals surface area contributed by atoms with E-state index in [-0.39, 0.29) is 0 Å². The largest absolute Gasteiger partial charge is 0.398 e. The maximum atomic E-state index is 6.17. The summed E-state index contributed by atoms with van der Waals surface area (Å²) in [5, 5.41) is 1.13. The van der Waals surface area contributed by atoms with Crippen LogP contribution < -0.4 is 5.73 Å². The summed E-state index contributed by atoms with van der Waals surface area (Å²) in [6.45, 7) is 10.4. The molecular formula is C14H18N2. The average Bonchev–Trinajstić information content (AvgIpc) is 2.22. The molecule has 16 heavy (non-hydrogen) atoms. The van der Waals surface area contributed by atoms with Crippen LogP contribution in [-0.4, -0.2) is 4.98 Å². The lowest BCUT2D eigenvalue weighted by Gasteiger charge is -2.14. The highest BCUT2D eigenvalue weighted by Gasteiger charge is 2.12. The Hall–Kier alpha value is -1.57. The first-order valence-electron chi connectivity index (χ1n) is 5.56. The molecule has 2 nitrogen and oxygen atoms in total. The van der Waals surface area contributed by atoms with Gasteiger partial charge in [-0.2, -0.15) is 0 Å². The van der Waals surface area contributed by atoms with Crippen molar-refractivity contribution in [3.63, 3.8) is 0 Å². The molecule has 1 heterocycles. The highest BCUT2D eigenvalue weighted by atomic mass is 14.7. The van der Waals surface area contributed by atoms with Gasteiger partial charge in [-0.05, 0) is 56.9 Å². The first-order valence-corrected chi connectivity index (χ1v) is 5.56. The van der Waals surface area contributed by atoms with Gasteiger partial charge in [-0.25, -0.2) is 0 Å². The third-order valence-electron chi connectivity index (χ3n) is 3.50. The average molecular weight is 214 g/mol. The van der Waals surface area contributed by atoms with E-state index >= 15 is 0 Å². The van der Waals surface area contributed by atoms with Gasteiger partial charge in [0, 0.05) is 16.8 Å². The number of benzene rings is 1. The highest BCUT2D eigenvalue weighted by molar-refractivity contribution is 5.97. The Kier molecular flexibility index (Phi) is 2.38. The first-order chi connectivity index (χ1) is 7.43. The van der Waals surface area contributed by atoms with Crippen LogP contribution in [0.1, 0.15) is 27.9 Å². The third-order valence-corrected chi connectivity index (χ3v) is 3.50. The fraction of sp³-hybridized carbons (Fsp3) is 0.357. The molecule has 0 spiro atoms. The van der Waals surface area contributed by atoms with Crippen molar-refractivity contribution in [1.29, 1.82) is 0 Å². The van der Waals surface area contributed by atoms with Crippen molar-refractivity contribution in [2.24, 2.45) is 0 Å². The summed E-state index contributed by atoms with van der Waals surface area (Å²) in [4.78, 5) is 4.66. The van der Waals surface area contributed by atoms with Crippen molar-refractivity contribution >= 4 is 16.6 Å². The van der Waals surface area contributed by atoms with Gasteiger partial charge in [0.05, 0.1) is 5.52 Å². The van der Waals surface area contributed by atoms with Crippen LogP contribution in [0.4, 0.5) is 5.69 Å². The number of nitrogens with zero attached hydrogens (tertiary/aromatic N) is 1. The Morgan fingerprint density at radius 2 is 1.56 bits per heavy atom. The van der Waals surface area contributed by atoms with Crippen molar-refractivity contribution in [2.45, 2.75) is 34.6 Å². The number of aryl methyl sites for hydroxylation is 4. The normalized spacial score (nSPS) is 11.1. The van der Waals surface area contributed by atoms with Gasteiger partial charge in [-0.15, -0.1) is 0 Å². The van der Waals surface area contributed by atoms with E-state index in [1.165, 1.54) is 16.7 Å².